The molecule has 0 spiro atoms. The van der Waals surface area contributed by atoms with Gasteiger partial charge >= 0.3 is 6.61 Å². The third-order valence-corrected chi connectivity index (χ3v) is 2.85. The van der Waals surface area contributed by atoms with E-state index in [0.29, 0.717) is 0 Å². The van der Waals surface area contributed by atoms with Gasteiger partial charge in [0.15, 0.2) is 0 Å². The van der Waals surface area contributed by atoms with E-state index in [2.05, 4.69) is 4.74 Å². The molecule has 0 aliphatic carbocycles. The van der Waals surface area contributed by atoms with Crippen LogP contribution >= 0.6 is 0 Å². The number of hydrogen-bond donors (Lipinski definition) is 1. The number of alkyl halides is 2. The molecule has 2 N–H and O–H groups in total. The number of benzene rings is 1. The molecule has 5 nitrogen and oxygen atoms in total. The van der Waals surface area contributed by atoms with E-state index in [4.69, 9.17) is 10.4 Å². The molecule has 1 rings (SSSR count). The van der Waals surface area contributed by atoms with Gasteiger partial charge in [0.25, 0.3) is 0 Å². The summed E-state index contributed by atoms with van der Waals surface area (Å²) in [5, 5.41) is 13.7. The number of aryl methyl sites for hydroxylation is 1. The number of nitrogens with zero attached hydrogens (tertiary/aromatic N) is 1. The normalized spacial score (nSPS) is 11.3. The summed E-state index contributed by atoms with van der Waals surface area (Å²) in [6.45, 7) is -1.69. The Kier molecular flexibility index (Phi) is 3.65. The SMILES string of the molecule is Cc1cc(OC(F)F)cc(S(N)(=O)=O)c1C#N. The average molecular weight is 262 g/mol. The number of nitrogens with two attached hydrogens (primary N) is 1. The van der Waals surface area contributed by atoms with Gasteiger partial charge in [-0.05, 0) is 18.6 Å². The van der Waals surface area contributed by atoms with Crippen LogP contribution in [0.25, 0.3) is 0 Å². The van der Waals surface area contributed by atoms with Crippen LogP contribution in [0.1, 0.15) is 11.1 Å². The van der Waals surface area contributed by atoms with Crippen LogP contribution in [0.4, 0.5) is 8.78 Å². The molecule has 0 aliphatic heterocycles. The zero-order chi connectivity index (χ0) is 13.2. The third-order valence-electron chi connectivity index (χ3n) is 1.92. The number of rotatable bonds is 3. The lowest BCUT2D eigenvalue weighted by molar-refractivity contribution is -0.0500. The lowest BCUT2D eigenvalue weighted by Crippen LogP contribution is -2.15. The Bertz CT molecular complexity index is 579. The van der Waals surface area contributed by atoms with Gasteiger partial charge in [-0.1, -0.05) is 0 Å². The number of primary sulfonamides is 1. The second-order valence-electron chi connectivity index (χ2n) is 3.15. The summed E-state index contributed by atoms with van der Waals surface area (Å²) < 4.78 is 50.4. The lowest BCUT2D eigenvalue weighted by Gasteiger charge is -2.09. The fraction of sp³-hybridized carbons (Fsp3) is 0.222. The molecule has 0 bridgehead atoms. The first-order valence-corrected chi connectivity index (χ1v) is 5.82. The largest absolute Gasteiger partial charge is 0.435 e. The molecule has 0 fully saturated rings. The Hall–Kier alpha value is -1.72. The number of ether oxygens (including phenoxy) is 1. The highest BCUT2D eigenvalue weighted by atomic mass is 32.2. The maximum atomic E-state index is 12.0. The van der Waals surface area contributed by atoms with Crippen LogP contribution in [-0.4, -0.2) is 15.0 Å². The molecule has 17 heavy (non-hydrogen) atoms. The highest BCUT2D eigenvalue weighted by Gasteiger charge is 2.19. The summed E-state index contributed by atoms with van der Waals surface area (Å²) in [6, 6.07) is 3.59. The van der Waals surface area contributed by atoms with Crippen LogP contribution in [0.15, 0.2) is 17.0 Å². The molecule has 0 heterocycles. The first kappa shape index (κ1) is 13.3. The first-order chi connectivity index (χ1) is 7.75. The maximum Gasteiger partial charge on any atom is 0.387 e. The summed E-state index contributed by atoms with van der Waals surface area (Å²) >= 11 is 0. The zero-order valence-corrected chi connectivity index (χ0v) is 9.46. The molecule has 0 aliphatic rings. The number of halogens is 2. The minimum atomic E-state index is -4.17. The molecule has 0 atom stereocenters. The van der Waals surface area contributed by atoms with E-state index in [0.717, 1.165) is 12.1 Å². The standard InChI is InChI=1S/C9H8F2N2O3S/c1-5-2-6(16-9(10)11)3-8(7(5)4-12)17(13,14)15/h2-3,9H,1H3,(H2,13,14,15). The average Bonchev–Trinajstić information content (AvgIpc) is 2.14. The number of hydrogen-bond acceptors (Lipinski definition) is 4. The van der Waals surface area contributed by atoms with E-state index >= 15 is 0 Å². The van der Waals surface area contributed by atoms with Gasteiger partial charge in [0.2, 0.25) is 10.0 Å². The first-order valence-electron chi connectivity index (χ1n) is 4.28. The highest BCUT2D eigenvalue weighted by Crippen LogP contribution is 2.25. The molecular weight excluding hydrogens is 254 g/mol. The molecule has 1 aromatic carbocycles. The van der Waals surface area contributed by atoms with Crippen molar-refractivity contribution in [1.82, 2.24) is 0 Å². The van der Waals surface area contributed by atoms with Crippen molar-refractivity contribution in [3.8, 4) is 11.8 Å². The molecule has 0 saturated carbocycles. The molecule has 92 valence electrons. The van der Waals surface area contributed by atoms with Gasteiger partial charge in [-0.2, -0.15) is 14.0 Å². The molecule has 0 amide bonds. The van der Waals surface area contributed by atoms with Crippen molar-refractivity contribution in [2.24, 2.45) is 5.14 Å². The molecule has 0 saturated heterocycles. The predicted octanol–water partition coefficient (Wildman–Crippen LogP) is 1.12. The van der Waals surface area contributed by atoms with Crippen molar-refractivity contribution in [1.29, 1.82) is 5.26 Å². The van der Waals surface area contributed by atoms with Gasteiger partial charge in [-0.3, -0.25) is 0 Å². The van der Waals surface area contributed by atoms with Gasteiger partial charge in [-0.15, -0.1) is 0 Å². The van der Waals surface area contributed by atoms with Crippen molar-refractivity contribution >= 4 is 10.0 Å². The Morgan fingerprint density at radius 1 is 1.47 bits per heavy atom. The molecule has 1 aromatic rings. The van der Waals surface area contributed by atoms with Crippen LogP contribution < -0.4 is 9.88 Å². The Morgan fingerprint density at radius 2 is 2.06 bits per heavy atom. The lowest BCUT2D eigenvalue weighted by atomic mass is 10.1. The monoisotopic (exact) mass is 262 g/mol. The number of nitriles is 1. The van der Waals surface area contributed by atoms with Crippen molar-refractivity contribution in [2.75, 3.05) is 0 Å². The fourth-order valence-electron chi connectivity index (χ4n) is 1.26. The van der Waals surface area contributed by atoms with E-state index in [1.165, 1.54) is 6.92 Å². The van der Waals surface area contributed by atoms with Crippen molar-refractivity contribution in [3.05, 3.63) is 23.3 Å². The fourth-order valence-corrected chi connectivity index (χ4v) is 2.03. The minimum Gasteiger partial charge on any atom is -0.435 e. The summed E-state index contributed by atoms with van der Waals surface area (Å²) in [7, 11) is -4.17. The summed E-state index contributed by atoms with van der Waals surface area (Å²) in [4.78, 5) is -0.532. The third kappa shape index (κ3) is 3.12. The molecule has 8 heteroatoms. The molecular formula is C9H8F2N2O3S. The van der Waals surface area contributed by atoms with Gasteiger partial charge < -0.3 is 4.74 Å². The second kappa shape index (κ2) is 4.65. The van der Waals surface area contributed by atoms with E-state index in [9.17, 15) is 17.2 Å². The predicted molar refractivity (Wildman–Crippen MR) is 53.9 cm³/mol. The quantitative estimate of drug-likeness (QED) is 0.883. The maximum absolute atomic E-state index is 12.0. The van der Waals surface area contributed by atoms with Crippen molar-refractivity contribution in [3.63, 3.8) is 0 Å². The van der Waals surface area contributed by atoms with E-state index < -0.39 is 21.5 Å². The number of sulfonamides is 1. The molecule has 0 unspecified atom stereocenters. The summed E-state index contributed by atoms with van der Waals surface area (Å²) in [6.07, 6.45) is 0. The van der Waals surface area contributed by atoms with Crippen LogP contribution in [-0.2, 0) is 10.0 Å². The van der Waals surface area contributed by atoms with Crippen molar-refractivity contribution in [2.45, 2.75) is 18.4 Å². The highest BCUT2D eigenvalue weighted by molar-refractivity contribution is 7.89. The zero-order valence-electron chi connectivity index (χ0n) is 8.65. The topological polar surface area (TPSA) is 93.2 Å². The van der Waals surface area contributed by atoms with Gasteiger partial charge in [0, 0.05) is 6.07 Å². The molecule has 0 radical (unpaired) electrons. The summed E-state index contributed by atoms with van der Waals surface area (Å²) in [5.41, 5.74) is 0.00351. The molecule has 0 aromatic heterocycles. The Morgan fingerprint density at radius 3 is 2.47 bits per heavy atom. The Labute approximate surface area is 96.5 Å². The van der Waals surface area contributed by atoms with E-state index in [-0.39, 0.29) is 16.9 Å². The van der Waals surface area contributed by atoms with E-state index in [1.54, 1.807) is 6.07 Å². The van der Waals surface area contributed by atoms with Crippen LogP contribution in [0.3, 0.4) is 0 Å². The van der Waals surface area contributed by atoms with Crippen LogP contribution in [0.5, 0.6) is 5.75 Å². The van der Waals surface area contributed by atoms with Crippen LogP contribution in [0.2, 0.25) is 0 Å². The summed E-state index contributed by atoms with van der Waals surface area (Å²) in [5.74, 6) is -0.361. The van der Waals surface area contributed by atoms with Gasteiger partial charge in [-0.25, -0.2) is 13.6 Å². The minimum absolute atomic E-state index is 0.186. The second-order valence-corrected chi connectivity index (χ2v) is 4.68. The van der Waals surface area contributed by atoms with Gasteiger partial charge in [0.1, 0.15) is 16.7 Å². The Balaban J connectivity index is 3.46. The van der Waals surface area contributed by atoms with Crippen molar-refractivity contribution < 1.29 is 21.9 Å². The van der Waals surface area contributed by atoms with Crippen LogP contribution in [0, 0.1) is 18.3 Å². The van der Waals surface area contributed by atoms with Gasteiger partial charge in [0.05, 0.1) is 5.56 Å². The smallest absolute Gasteiger partial charge is 0.387 e. The van der Waals surface area contributed by atoms with E-state index in [1.807, 2.05) is 0 Å².